The summed E-state index contributed by atoms with van der Waals surface area (Å²) in [5.41, 5.74) is 0. The highest BCUT2D eigenvalue weighted by molar-refractivity contribution is 4.89. The Morgan fingerprint density at radius 3 is 1.00 bits per heavy atom. The van der Waals surface area contributed by atoms with Gasteiger partial charge in [-0.05, 0) is 13.8 Å². The molecular weight excluding hydrogens is 132 g/mol. The number of terminal acetylenes is 1. The van der Waals surface area contributed by atoms with Gasteiger partial charge >= 0.3 is 0 Å². The zero-order chi connectivity index (χ0) is 8.95. The predicted octanol–water partition coefficient (Wildman–Crippen LogP) is 3.23. The molecule has 0 aromatic carbocycles. The van der Waals surface area contributed by atoms with E-state index in [-0.39, 0.29) is 0 Å². The Hall–Kier alpha value is -0.880. The van der Waals surface area contributed by atoms with Crippen LogP contribution in [0, 0.1) is 24.7 Å². The molecule has 0 unspecified atom stereocenters. The molecule has 0 N–H and O–H groups in total. The molecule has 11 heavy (non-hydrogen) atoms. The van der Waals surface area contributed by atoms with E-state index in [1.807, 2.05) is 13.8 Å². The second kappa shape index (κ2) is 16.1. The summed E-state index contributed by atoms with van der Waals surface area (Å²) in [5, 5.41) is 0. The first kappa shape index (κ1) is 12.8. The summed E-state index contributed by atoms with van der Waals surface area (Å²) in [7, 11) is 0. The lowest BCUT2D eigenvalue weighted by molar-refractivity contribution is 0.886. The van der Waals surface area contributed by atoms with E-state index in [0.717, 1.165) is 0 Å². The average Bonchev–Trinajstić information content (AvgIpc) is 2.65. The zero-order valence-electron chi connectivity index (χ0n) is 7.69. The van der Waals surface area contributed by atoms with Crippen molar-refractivity contribution in [2.75, 3.05) is 0 Å². The highest BCUT2D eigenvalue weighted by Gasteiger charge is 1.95. The van der Waals surface area contributed by atoms with Gasteiger partial charge in [0.05, 0.1) is 0 Å². The van der Waals surface area contributed by atoms with Crippen LogP contribution in [-0.4, -0.2) is 0 Å². The van der Waals surface area contributed by atoms with Crippen molar-refractivity contribution >= 4 is 0 Å². The minimum absolute atomic E-state index is 1.50. The summed E-state index contributed by atoms with van der Waals surface area (Å²) in [6, 6.07) is 0. The molecule has 0 amide bonds. The molecule has 0 saturated heterocycles. The van der Waals surface area contributed by atoms with Gasteiger partial charge in [-0.15, -0.1) is 24.7 Å². The zero-order valence-corrected chi connectivity index (χ0v) is 7.69. The Kier molecular flexibility index (Phi) is 18.6. The molecule has 0 aromatic heterocycles. The highest BCUT2D eigenvalue weighted by atomic mass is 14.0. The van der Waals surface area contributed by atoms with Gasteiger partial charge in [-0.25, -0.2) is 0 Å². The van der Waals surface area contributed by atoms with E-state index in [2.05, 4.69) is 24.7 Å². The molecule has 1 fully saturated rings. The monoisotopic (exact) mass is 150 g/mol. The Labute approximate surface area is 71.4 Å². The van der Waals surface area contributed by atoms with Crippen LogP contribution in [0.15, 0.2) is 0 Å². The van der Waals surface area contributed by atoms with Gasteiger partial charge < -0.3 is 0 Å². The summed E-state index contributed by atoms with van der Waals surface area (Å²) in [5.74, 6) is 5.36. The summed E-state index contributed by atoms with van der Waals surface area (Å²) >= 11 is 0. The van der Waals surface area contributed by atoms with Crippen LogP contribution in [0.4, 0.5) is 0 Å². The van der Waals surface area contributed by atoms with Gasteiger partial charge in [0, 0.05) is 0 Å². The van der Waals surface area contributed by atoms with Crippen molar-refractivity contribution in [3.63, 3.8) is 0 Å². The Morgan fingerprint density at radius 2 is 0.909 bits per heavy atom. The van der Waals surface area contributed by atoms with E-state index >= 15 is 0 Å². The molecule has 0 bridgehead atoms. The normalized spacial score (nSPS) is 12.4. The Bertz CT molecular complexity index is 102. The van der Waals surface area contributed by atoms with Crippen LogP contribution in [0.2, 0.25) is 0 Å². The molecule has 0 heterocycles. The van der Waals surface area contributed by atoms with Crippen molar-refractivity contribution in [2.24, 2.45) is 0 Å². The summed E-state index contributed by atoms with van der Waals surface area (Å²) in [6.45, 7) is 3.64. The number of rotatable bonds is 0. The predicted molar refractivity (Wildman–Crippen MR) is 52.1 cm³/mol. The van der Waals surface area contributed by atoms with Gasteiger partial charge in [0.1, 0.15) is 0 Å². The van der Waals surface area contributed by atoms with E-state index in [9.17, 15) is 0 Å². The molecule has 1 aliphatic rings. The van der Waals surface area contributed by atoms with E-state index in [0.29, 0.717) is 0 Å². The van der Waals surface area contributed by atoms with Crippen molar-refractivity contribution in [2.45, 2.75) is 46.0 Å². The molecule has 0 radical (unpaired) electrons. The highest BCUT2D eigenvalue weighted by Crippen LogP contribution is 2.15. The molecular formula is C11H18. The van der Waals surface area contributed by atoms with Gasteiger partial charge in [-0.2, -0.15) is 0 Å². The minimum atomic E-state index is 1.50. The van der Waals surface area contributed by atoms with Gasteiger partial charge in [0.25, 0.3) is 0 Å². The standard InChI is InChI=1S/C5H10.C4H6.C2H2/c1-2-4-5-3-1;1-3-4-2;1-2/h1-5H2;1-2H3;1-2H. The molecule has 0 aliphatic heterocycles. The second-order valence-corrected chi connectivity index (χ2v) is 2.27. The van der Waals surface area contributed by atoms with Crippen molar-refractivity contribution < 1.29 is 0 Å². The lowest BCUT2D eigenvalue weighted by atomic mass is 10.4. The lowest BCUT2D eigenvalue weighted by Crippen LogP contribution is -1.47. The fourth-order valence-electron chi connectivity index (χ4n) is 0.884. The van der Waals surface area contributed by atoms with Crippen LogP contribution < -0.4 is 0 Å². The fraction of sp³-hybridized carbons (Fsp3) is 0.636. The van der Waals surface area contributed by atoms with Crippen molar-refractivity contribution in [3.05, 3.63) is 0 Å². The van der Waals surface area contributed by atoms with E-state index in [1.165, 1.54) is 32.1 Å². The van der Waals surface area contributed by atoms with Gasteiger partial charge in [0.15, 0.2) is 0 Å². The second-order valence-electron chi connectivity index (χ2n) is 2.27. The molecule has 0 spiro atoms. The third kappa shape index (κ3) is 17.6. The first-order chi connectivity index (χ1) is 5.41. The van der Waals surface area contributed by atoms with Crippen molar-refractivity contribution in [1.29, 1.82) is 0 Å². The molecule has 1 saturated carbocycles. The van der Waals surface area contributed by atoms with E-state index < -0.39 is 0 Å². The molecule has 0 atom stereocenters. The van der Waals surface area contributed by atoms with Crippen LogP contribution in [0.3, 0.4) is 0 Å². The van der Waals surface area contributed by atoms with Crippen LogP contribution in [-0.2, 0) is 0 Å². The largest absolute Gasteiger partial charge is 0.124 e. The number of hydrogen-bond donors (Lipinski definition) is 0. The molecule has 0 aromatic rings. The molecule has 1 aliphatic carbocycles. The third-order valence-corrected chi connectivity index (χ3v) is 1.50. The van der Waals surface area contributed by atoms with E-state index in [4.69, 9.17) is 0 Å². The summed E-state index contributed by atoms with van der Waals surface area (Å²) < 4.78 is 0. The maximum absolute atomic E-state index is 4.00. The smallest absolute Gasteiger partial charge is 0.00271 e. The van der Waals surface area contributed by atoms with Crippen LogP contribution in [0.25, 0.3) is 0 Å². The van der Waals surface area contributed by atoms with Crippen molar-refractivity contribution in [3.8, 4) is 24.7 Å². The lowest BCUT2D eigenvalue weighted by Gasteiger charge is -1.67. The van der Waals surface area contributed by atoms with E-state index in [1.54, 1.807) is 0 Å². The first-order valence-electron chi connectivity index (χ1n) is 4.08. The maximum atomic E-state index is 4.00. The van der Waals surface area contributed by atoms with Crippen LogP contribution in [0.5, 0.6) is 0 Å². The first-order valence-corrected chi connectivity index (χ1v) is 4.08. The van der Waals surface area contributed by atoms with Crippen molar-refractivity contribution in [1.82, 2.24) is 0 Å². The molecule has 1 rings (SSSR count). The molecule has 0 nitrogen and oxygen atoms in total. The topological polar surface area (TPSA) is 0 Å². The Morgan fingerprint density at radius 1 is 0.727 bits per heavy atom. The summed E-state index contributed by atoms with van der Waals surface area (Å²) in [6.07, 6.45) is 15.5. The molecule has 0 heteroatoms. The minimum Gasteiger partial charge on any atom is -0.124 e. The summed E-state index contributed by atoms with van der Waals surface area (Å²) in [4.78, 5) is 0. The van der Waals surface area contributed by atoms with Crippen LogP contribution in [0.1, 0.15) is 46.0 Å². The third-order valence-electron chi connectivity index (χ3n) is 1.50. The average molecular weight is 150 g/mol. The maximum Gasteiger partial charge on any atom is -0.00271 e. The SMILES string of the molecule is C#C.C1CCCC1.CC#CC. The number of hydrogen-bond acceptors (Lipinski definition) is 0. The van der Waals surface area contributed by atoms with Gasteiger partial charge in [-0.1, -0.05) is 32.1 Å². The van der Waals surface area contributed by atoms with Gasteiger partial charge in [-0.3, -0.25) is 0 Å². The van der Waals surface area contributed by atoms with Crippen LogP contribution >= 0.6 is 0 Å². The fourth-order valence-corrected chi connectivity index (χ4v) is 0.884. The quantitative estimate of drug-likeness (QED) is 0.465. The molecule has 62 valence electrons. The Balaban J connectivity index is 0. The van der Waals surface area contributed by atoms with Gasteiger partial charge in [0.2, 0.25) is 0 Å².